The van der Waals surface area contributed by atoms with Gasteiger partial charge in [-0.05, 0) is 65.9 Å². The molecule has 0 unspecified atom stereocenters. The third-order valence-corrected chi connectivity index (χ3v) is 15.3. The topological polar surface area (TPSA) is 111 Å². The molecule has 0 saturated carbocycles. The number of amides is 1. The van der Waals surface area contributed by atoms with E-state index in [-0.39, 0.29) is 22.7 Å². The third-order valence-electron chi connectivity index (χ3n) is 15.3. The van der Waals surface area contributed by atoms with Crippen molar-refractivity contribution in [3.05, 3.63) is 186 Å². The molecule has 0 bridgehead atoms. The Bertz CT molecular complexity index is 2690. The number of hydrogen-bond donors (Lipinski definition) is 3. The second-order valence-electron chi connectivity index (χ2n) is 20.3. The molecule has 3 spiro atoms. The van der Waals surface area contributed by atoms with Crippen molar-refractivity contribution in [3.63, 3.8) is 0 Å². The fraction of sp³-hybridized carbons (Fsp3) is 0.367. The van der Waals surface area contributed by atoms with Gasteiger partial charge in [-0.25, -0.2) is 0 Å². The Hall–Kier alpha value is -6.66. The normalized spacial score (nSPS) is 20.5. The maximum absolute atomic E-state index is 12.3. The Morgan fingerprint density at radius 2 is 0.845 bits per heavy atom. The summed E-state index contributed by atoms with van der Waals surface area (Å²) in [5.41, 5.74) is 7.06. The van der Waals surface area contributed by atoms with Gasteiger partial charge in [-0.15, -0.1) is 0 Å². The van der Waals surface area contributed by atoms with Crippen LogP contribution < -0.4 is 24.8 Å². The van der Waals surface area contributed by atoms with E-state index in [1.54, 1.807) is 0 Å². The van der Waals surface area contributed by atoms with E-state index >= 15 is 0 Å². The number of carbonyl (C=O) groups is 1. The van der Waals surface area contributed by atoms with E-state index in [4.69, 9.17) is 14.2 Å². The van der Waals surface area contributed by atoms with Crippen LogP contribution in [0, 0.1) is 0 Å². The minimum atomic E-state index is -0.371. The molecule has 0 aliphatic carbocycles. The Morgan fingerprint density at radius 3 is 1.37 bits per heavy atom. The molecule has 3 saturated heterocycles. The molecule has 11 nitrogen and oxygen atoms in total. The molecule has 71 heavy (non-hydrogen) atoms. The average Bonchev–Trinajstić information content (AvgIpc) is 3.68. The van der Waals surface area contributed by atoms with E-state index in [2.05, 4.69) is 140 Å². The van der Waals surface area contributed by atoms with Gasteiger partial charge in [0.2, 0.25) is 5.91 Å². The first-order chi connectivity index (χ1) is 34.8. The summed E-state index contributed by atoms with van der Waals surface area (Å²) in [6.45, 7) is 10.1. The Morgan fingerprint density at radius 1 is 0.451 bits per heavy atom. The molecule has 368 valence electrons. The molecule has 6 aromatic rings. The molecule has 6 heterocycles. The number of piperidine rings is 3. The minimum absolute atomic E-state index is 0.00674. The van der Waals surface area contributed by atoms with Gasteiger partial charge in [0, 0.05) is 110 Å². The molecule has 6 aliphatic rings. The van der Waals surface area contributed by atoms with Gasteiger partial charge in [0.15, 0.2) is 0 Å². The van der Waals surface area contributed by atoms with Crippen molar-refractivity contribution in [2.24, 2.45) is 5.16 Å². The van der Waals surface area contributed by atoms with Crippen LogP contribution in [0.15, 0.2) is 169 Å². The number of para-hydroxylation sites is 5. The number of nitrogens with one attached hydrogen (secondary N) is 2. The Balaban J connectivity index is 0.000000123. The van der Waals surface area contributed by atoms with Crippen molar-refractivity contribution in [2.45, 2.75) is 94.2 Å². The first kappa shape index (κ1) is 48.0. The number of rotatable bonds is 6. The number of anilines is 2. The lowest BCUT2D eigenvalue weighted by molar-refractivity contribution is -0.121. The summed E-state index contributed by atoms with van der Waals surface area (Å²) < 4.78 is 19.2. The van der Waals surface area contributed by atoms with E-state index in [0.717, 1.165) is 150 Å². The number of carbonyl (C=O) groups excluding carboxylic acids is 1. The van der Waals surface area contributed by atoms with Gasteiger partial charge in [0.05, 0.1) is 23.5 Å². The lowest BCUT2D eigenvalue weighted by Crippen LogP contribution is -2.50. The highest BCUT2D eigenvalue weighted by atomic mass is 16.5. The van der Waals surface area contributed by atoms with Crippen LogP contribution in [-0.2, 0) is 24.4 Å². The van der Waals surface area contributed by atoms with Crippen LogP contribution in [0.5, 0.6) is 17.2 Å². The van der Waals surface area contributed by atoms with Gasteiger partial charge >= 0.3 is 0 Å². The molecular formula is C60H68N6O5. The first-order valence-corrected chi connectivity index (χ1v) is 25.7. The Labute approximate surface area is 419 Å². The molecule has 3 fully saturated rings. The number of likely N-dealkylation sites (tertiary alicyclic amines) is 3. The van der Waals surface area contributed by atoms with Gasteiger partial charge < -0.3 is 30.1 Å². The predicted octanol–water partition coefficient (Wildman–Crippen LogP) is 11.0. The summed E-state index contributed by atoms with van der Waals surface area (Å²) in [4.78, 5) is 19.8. The standard InChI is InChI=1S/2C20H22N2O2.C20H24N2O/c23-21-18-14-20(24-19-9-5-4-8-17(18)19)10-12-22(13-11-20)15-16-6-2-1-3-7-16;23-19-14-20(24-18-9-5-4-8-17(18)21-19)10-12-22(13-11-20)15-16-6-2-1-3-7-16;1-2-6-17(7-3-1)16-22-14-11-20(12-15-22)10-13-21-18-8-4-5-9-19(18)23-20/h1-9,23H,10-15H2;1-9H,10-15H2,(H,21,23);1-9,21H,10-16H2/b21-18-;;. The molecule has 0 aromatic heterocycles. The van der Waals surface area contributed by atoms with Crippen molar-refractivity contribution >= 4 is 23.0 Å². The highest BCUT2D eigenvalue weighted by Gasteiger charge is 2.43. The smallest absolute Gasteiger partial charge is 0.228 e. The number of ether oxygens (including phenoxy) is 3. The van der Waals surface area contributed by atoms with Gasteiger partial charge in [0.25, 0.3) is 0 Å². The summed E-state index contributed by atoms with van der Waals surface area (Å²) in [5.74, 6) is 2.70. The van der Waals surface area contributed by atoms with Crippen molar-refractivity contribution in [1.29, 1.82) is 0 Å². The molecule has 6 aliphatic heterocycles. The second kappa shape index (κ2) is 22.2. The highest BCUT2D eigenvalue weighted by Crippen LogP contribution is 2.42. The van der Waals surface area contributed by atoms with Gasteiger partial charge in [-0.3, -0.25) is 19.5 Å². The zero-order chi connectivity index (χ0) is 48.4. The monoisotopic (exact) mass is 953 g/mol. The summed E-state index contributed by atoms with van der Waals surface area (Å²) in [7, 11) is 0. The van der Waals surface area contributed by atoms with Crippen molar-refractivity contribution < 1.29 is 24.2 Å². The number of benzene rings is 6. The lowest BCUT2D eigenvalue weighted by atomic mass is 9.82. The third kappa shape index (κ3) is 12.1. The second-order valence-corrected chi connectivity index (χ2v) is 20.3. The molecule has 3 N–H and O–H groups in total. The first-order valence-electron chi connectivity index (χ1n) is 25.7. The average molecular weight is 953 g/mol. The van der Waals surface area contributed by atoms with E-state index in [9.17, 15) is 10.0 Å². The number of hydrogen-bond acceptors (Lipinski definition) is 10. The maximum Gasteiger partial charge on any atom is 0.228 e. The predicted molar refractivity (Wildman–Crippen MR) is 282 cm³/mol. The van der Waals surface area contributed by atoms with Crippen LogP contribution in [0.4, 0.5) is 11.4 Å². The van der Waals surface area contributed by atoms with Crippen molar-refractivity contribution in [2.75, 3.05) is 56.4 Å². The summed E-state index contributed by atoms with van der Waals surface area (Å²) in [6, 6.07) is 55.8. The van der Waals surface area contributed by atoms with Crippen LogP contribution in [0.25, 0.3) is 0 Å². The minimum Gasteiger partial charge on any atom is -0.486 e. The Kier molecular flexibility index (Phi) is 15.0. The van der Waals surface area contributed by atoms with E-state index < -0.39 is 0 Å². The molecule has 6 aromatic carbocycles. The van der Waals surface area contributed by atoms with Crippen LogP contribution in [0.2, 0.25) is 0 Å². The van der Waals surface area contributed by atoms with E-state index in [1.807, 2.05) is 54.6 Å². The summed E-state index contributed by atoms with van der Waals surface area (Å²) in [5, 5.41) is 19.4. The van der Waals surface area contributed by atoms with Crippen molar-refractivity contribution in [3.8, 4) is 17.2 Å². The largest absolute Gasteiger partial charge is 0.486 e. The van der Waals surface area contributed by atoms with Gasteiger partial charge in [-0.1, -0.05) is 133 Å². The molecule has 12 rings (SSSR count). The van der Waals surface area contributed by atoms with Crippen LogP contribution >= 0.6 is 0 Å². The lowest BCUT2D eigenvalue weighted by Gasteiger charge is -2.44. The number of oxime groups is 1. The molecule has 11 heteroatoms. The van der Waals surface area contributed by atoms with Crippen LogP contribution in [0.3, 0.4) is 0 Å². The fourth-order valence-electron chi connectivity index (χ4n) is 11.2. The van der Waals surface area contributed by atoms with Crippen molar-refractivity contribution in [1.82, 2.24) is 14.7 Å². The van der Waals surface area contributed by atoms with Crippen LogP contribution in [0.1, 0.15) is 80.0 Å². The molecule has 0 radical (unpaired) electrons. The van der Waals surface area contributed by atoms with E-state index in [1.165, 1.54) is 16.7 Å². The molecular weight excluding hydrogens is 885 g/mol. The molecule has 0 atom stereocenters. The van der Waals surface area contributed by atoms with E-state index in [0.29, 0.717) is 12.8 Å². The fourth-order valence-corrected chi connectivity index (χ4v) is 11.2. The molecule has 1 amide bonds. The number of nitrogens with zero attached hydrogens (tertiary/aromatic N) is 4. The van der Waals surface area contributed by atoms with Crippen LogP contribution in [-0.4, -0.2) is 94.1 Å². The zero-order valence-electron chi connectivity index (χ0n) is 40.9. The maximum atomic E-state index is 12.3. The van der Waals surface area contributed by atoms with Gasteiger partial charge in [-0.2, -0.15) is 0 Å². The summed E-state index contributed by atoms with van der Waals surface area (Å²) in [6.07, 6.45) is 8.07. The SMILES string of the molecule is O/N=C1/CC2(CCN(Cc3ccccc3)CC2)Oc2ccccc21.O=C1CC2(CCN(Cc3ccccc3)CC2)Oc2ccccc2N1.c1ccc(CN2CCC3(CCNc4ccccc4O3)CC2)cc1. The quantitative estimate of drug-likeness (QED) is 0.111. The zero-order valence-corrected chi connectivity index (χ0v) is 40.9. The van der Waals surface area contributed by atoms with Gasteiger partial charge in [0.1, 0.15) is 34.1 Å². The summed E-state index contributed by atoms with van der Waals surface area (Å²) >= 11 is 0. The number of fused-ring (bicyclic) bond motifs is 3. The highest BCUT2D eigenvalue weighted by molar-refractivity contribution is 6.04.